The van der Waals surface area contributed by atoms with Crippen molar-refractivity contribution in [3.63, 3.8) is 0 Å². The molecule has 2 N–H and O–H groups in total. The third-order valence-electron chi connectivity index (χ3n) is 1.35. The topological polar surface area (TPSA) is 81.5 Å². The summed E-state index contributed by atoms with van der Waals surface area (Å²) in [5, 5.41) is 11.6. The maximum atomic E-state index is 5.11. The van der Waals surface area contributed by atoms with E-state index in [0.717, 1.165) is 6.34 Å². The van der Waals surface area contributed by atoms with Crippen molar-refractivity contribution in [3.8, 4) is 0 Å². The van der Waals surface area contributed by atoms with Crippen molar-refractivity contribution in [2.75, 3.05) is 0 Å². The van der Waals surface area contributed by atoms with E-state index in [2.05, 4.69) is 20.3 Å². The molecule has 0 unspecified atom stereocenters. The third-order valence-corrected chi connectivity index (χ3v) is 1.35. The Morgan fingerprint density at radius 2 is 2.42 bits per heavy atom. The Hall–Kier alpha value is -1.98. The lowest BCUT2D eigenvalue weighted by molar-refractivity contribution is 0.924. The third kappa shape index (κ3) is 0.895. The molecule has 0 aliphatic carbocycles. The quantitative estimate of drug-likeness (QED) is 0.462. The van der Waals surface area contributed by atoms with E-state index in [1.807, 2.05) is 0 Å². The van der Waals surface area contributed by atoms with Gasteiger partial charge in [-0.15, -0.1) is 10.2 Å². The molecular formula is C6H6N6. The molecule has 0 saturated carbocycles. The van der Waals surface area contributed by atoms with E-state index >= 15 is 0 Å². The van der Waals surface area contributed by atoms with E-state index in [0.29, 0.717) is 11.6 Å². The Morgan fingerprint density at radius 1 is 1.50 bits per heavy atom. The maximum absolute atomic E-state index is 5.11. The predicted molar refractivity (Wildman–Crippen MR) is 43.1 cm³/mol. The molecule has 0 amide bonds. The standard InChI is InChI=1S/C6H6N6/c7-4-8-6-11-10-5-2-1-3-9-12(5)6/h1-4H,(H2,7,8,11). The van der Waals surface area contributed by atoms with Gasteiger partial charge in [0.25, 0.3) is 5.95 Å². The summed E-state index contributed by atoms with van der Waals surface area (Å²) in [6.45, 7) is 0. The second kappa shape index (κ2) is 2.57. The monoisotopic (exact) mass is 162 g/mol. The zero-order chi connectivity index (χ0) is 8.39. The van der Waals surface area contributed by atoms with Crippen LogP contribution in [0, 0.1) is 0 Å². The number of hydrogen-bond donors (Lipinski definition) is 1. The minimum absolute atomic E-state index is 0.383. The molecule has 0 saturated heterocycles. The highest BCUT2D eigenvalue weighted by Crippen LogP contribution is 2.06. The van der Waals surface area contributed by atoms with Gasteiger partial charge in [0.15, 0.2) is 5.65 Å². The van der Waals surface area contributed by atoms with Crippen LogP contribution >= 0.6 is 0 Å². The van der Waals surface area contributed by atoms with Crippen LogP contribution in [0.2, 0.25) is 0 Å². The van der Waals surface area contributed by atoms with E-state index in [1.165, 1.54) is 4.52 Å². The molecule has 2 aromatic heterocycles. The molecule has 0 bridgehead atoms. The number of aliphatic imine (C=N–C) groups is 1. The largest absolute Gasteiger partial charge is 0.390 e. The zero-order valence-electron chi connectivity index (χ0n) is 6.12. The smallest absolute Gasteiger partial charge is 0.273 e. The van der Waals surface area contributed by atoms with Crippen molar-refractivity contribution in [1.82, 2.24) is 19.8 Å². The summed E-state index contributed by atoms with van der Waals surface area (Å²) in [5.41, 5.74) is 5.76. The second-order valence-corrected chi connectivity index (χ2v) is 2.07. The number of aromatic nitrogens is 4. The highest BCUT2D eigenvalue weighted by Gasteiger charge is 2.01. The second-order valence-electron chi connectivity index (χ2n) is 2.07. The molecular weight excluding hydrogens is 156 g/mol. The van der Waals surface area contributed by atoms with Crippen LogP contribution in [0.25, 0.3) is 5.65 Å². The minimum atomic E-state index is 0.383. The molecule has 2 heterocycles. The fourth-order valence-corrected chi connectivity index (χ4v) is 0.879. The number of fused-ring (bicyclic) bond motifs is 1. The van der Waals surface area contributed by atoms with E-state index < -0.39 is 0 Å². The average Bonchev–Trinajstić information content (AvgIpc) is 2.50. The van der Waals surface area contributed by atoms with Gasteiger partial charge < -0.3 is 5.73 Å². The van der Waals surface area contributed by atoms with Crippen molar-refractivity contribution >= 4 is 17.9 Å². The highest BCUT2D eigenvalue weighted by atomic mass is 15.4. The molecule has 2 rings (SSSR count). The number of nitrogens with two attached hydrogens (primary N) is 1. The van der Waals surface area contributed by atoms with Crippen LogP contribution in [0.1, 0.15) is 0 Å². The molecule has 0 radical (unpaired) electrons. The first-order chi connectivity index (χ1) is 5.92. The van der Waals surface area contributed by atoms with Crippen LogP contribution in [0.15, 0.2) is 23.3 Å². The van der Waals surface area contributed by atoms with Crippen molar-refractivity contribution in [2.24, 2.45) is 10.7 Å². The van der Waals surface area contributed by atoms with E-state index in [1.54, 1.807) is 18.3 Å². The van der Waals surface area contributed by atoms with Crippen LogP contribution in [-0.4, -0.2) is 26.1 Å². The predicted octanol–water partition coefficient (Wildman–Crippen LogP) is -0.257. The first-order valence-electron chi connectivity index (χ1n) is 3.32. The first-order valence-corrected chi connectivity index (χ1v) is 3.32. The molecule has 0 fully saturated rings. The lowest BCUT2D eigenvalue weighted by Crippen LogP contribution is -1.92. The van der Waals surface area contributed by atoms with Gasteiger partial charge in [0.05, 0.1) is 6.34 Å². The Morgan fingerprint density at radius 3 is 3.25 bits per heavy atom. The summed E-state index contributed by atoms with van der Waals surface area (Å²) in [7, 11) is 0. The SMILES string of the molecule is NC=Nc1nnc2cccnn12. The van der Waals surface area contributed by atoms with E-state index in [-0.39, 0.29) is 0 Å². The van der Waals surface area contributed by atoms with Gasteiger partial charge in [-0.1, -0.05) is 0 Å². The van der Waals surface area contributed by atoms with Gasteiger partial charge in [0.1, 0.15) is 0 Å². The maximum Gasteiger partial charge on any atom is 0.273 e. The molecule has 60 valence electrons. The molecule has 12 heavy (non-hydrogen) atoms. The summed E-state index contributed by atoms with van der Waals surface area (Å²) < 4.78 is 1.50. The summed E-state index contributed by atoms with van der Waals surface area (Å²) in [5.74, 6) is 0.383. The summed E-state index contributed by atoms with van der Waals surface area (Å²) in [6.07, 6.45) is 2.79. The molecule has 6 heteroatoms. The molecule has 0 aliphatic rings. The van der Waals surface area contributed by atoms with Gasteiger partial charge in [-0.05, 0) is 12.1 Å². The lowest BCUT2D eigenvalue weighted by Gasteiger charge is -1.88. The molecule has 6 nitrogen and oxygen atoms in total. The van der Waals surface area contributed by atoms with Gasteiger partial charge >= 0.3 is 0 Å². The molecule has 0 aromatic carbocycles. The number of hydrogen-bond acceptors (Lipinski definition) is 4. The molecule has 0 aliphatic heterocycles. The zero-order valence-corrected chi connectivity index (χ0v) is 6.12. The van der Waals surface area contributed by atoms with Crippen LogP contribution in [0.4, 0.5) is 5.95 Å². The van der Waals surface area contributed by atoms with Crippen molar-refractivity contribution in [3.05, 3.63) is 18.3 Å². The van der Waals surface area contributed by atoms with E-state index in [9.17, 15) is 0 Å². The van der Waals surface area contributed by atoms with Crippen LogP contribution < -0.4 is 5.73 Å². The molecule has 2 aromatic rings. The van der Waals surface area contributed by atoms with E-state index in [4.69, 9.17) is 5.73 Å². The summed E-state index contributed by atoms with van der Waals surface area (Å²) in [4.78, 5) is 3.77. The molecule has 0 spiro atoms. The fourth-order valence-electron chi connectivity index (χ4n) is 0.879. The van der Waals surface area contributed by atoms with Gasteiger partial charge in [0, 0.05) is 6.20 Å². The Balaban J connectivity index is 2.70. The van der Waals surface area contributed by atoms with Crippen molar-refractivity contribution in [2.45, 2.75) is 0 Å². The Bertz CT molecular complexity index is 417. The van der Waals surface area contributed by atoms with Crippen molar-refractivity contribution in [1.29, 1.82) is 0 Å². The van der Waals surface area contributed by atoms with Crippen LogP contribution in [-0.2, 0) is 0 Å². The van der Waals surface area contributed by atoms with Crippen LogP contribution in [0.3, 0.4) is 0 Å². The normalized spacial score (nSPS) is 11.3. The lowest BCUT2D eigenvalue weighted by atomic mass is 10.6. The summed E-state index contributed by atoms with van der Waals surface area (Å²) >= 11 is 0. The minimum Gasteiger partial charge on any atom is -0.390 e. The Kier molecular flexibility index (Phi) is 1.44. The van der Waals surface area contributed by atoms with Gasteiger partial charge in [-0.25, -0.2) is 4.99 Å². The highest BCUT2D eigenvalue weighted by molar-refractivity contribution is 5.56. The summed E-state index contributed by atoms with van der Waals surface area (Å²) in [6, 6.07) is 3.56. The van der Waals surface area contributed by atoms with Gasteiger partial charge in [-0.2, -0.15) is 9.61 Å². The van der Waals surface area contributed by atoms with Crippen LogP contribution in [0.5, 0.6) is 0 Å². The van der Waals surface area contributed by atoms with Gasteiger partial charge in [-0.3, -0.25) is 0 Å². The first kappa shape index (κ1) is 6.71. The van der Waals surface area contributed by atoms with Gasteiger partial charge in [0.2, 0.25) is 0 Å². The molecule has 0 atom stereocenters. The van der Waals surface area contributed by atoms with Crippen molar-refractivity contribution < 1.29 is 0 Å². The number of nitrogens with zero attached hydrogens (tertiary/aromatic N) is 5. The fraction of sp³-hybridized carbons (Fsp3) is 0. The number of rotatable bonds is 1. The average molecular weight is 162 g/mol. The Labute approximate surface area is 67.7 Å².